The van der Waals surface area contributed by atoms with Gasteiger partial charge in [0.2, 0.25) is 0 Å². The van der Waals surface area contributed by atoms with E-state index < -0.39 is 0 Å². The Bertz CT molecular complexity index is 1360. The van der Waals surface area contributed by atoms with Crippen LogP contribution in [0.3, 0.4) is 0 Å². The summed E-state index contributed by atoms with van der Waals surface area (Å²) in [5, 5.41) is 20.8. The Balaban J connectivity index is 1.62. The topological polar surface area (TPSA) is 61.5 Å². The third-order valence-electron chi connectivity index (χ3n) is 8.47. The lowest BCUT2D eigenvalue weighted by molar-refractivity contribution is 0.145. The zero-order chi connectivity index (χ0) is 27.9. The van der Waals surface area contributed by atoms with Gasteiger partial charge in [-0.05, 0) is 38.2 Å². The van der Waals surface area contributed by atoms with Crippen LogP contribution < -0.4 is 0 Å². The van der Waals surface area contributed by atoms with Crippen LogP contribution in [0.15, 0.2) is 78.9 Å². The van der Waals surface area contributed by atoms with Gasteiger partial charge in [0, 0.05) is 48.4 Å². The fourth-order valence-electron chi connectivity index (χ4n) is 6.17. The van der Waals surface area contributed by atoms with E-state index in [1.807, 2.05) is 6.07 Å². The molecule has 5 nitrogen and oxygen atoms in total. The summed E-state index contributed by atoms with van der Waals surface area (Å²) in [6, 6.07) is 26.1. The zero-order valence-corrected chi connectivity index (χ0v) is 24.0. The number of phenols is 2. The molecule has 5 heteroatoms. The molecule has 3 aromatic carbocycles. The predicted molar refractivity (Wildman–Crippen MR) is 163 cm³/mol. The number of hydrogen-bond donors (Lipinski definition) is 2. The summed E-state index contributed by atoms with van der Waals surface area (Å²) >= 11 is 0. The maximum Gasteiger partial charge on any atom is 0.140 e. The fourth-order valence-corrected chi connectivity index (χ4v) is 6.17. The van der Waals surface area contributed by atoms with Gasteiger partial charge in [-0.15, -0.1) is 0 Å². The summed E-state index contributed by atoms with van der Waals surface area (Å²) in [5.41, 5.74) is 5.36. The lowest BCUT2D eigenvalue weighted by Gasteiger charge is -2.35. The van der Waals surface area contributed by atoms with Crippen molar-refractivity contribution in [2.45, 2.75) is 77.9 Å². The van der Waals surface area contributed by atoms with Crippen molar-refractivity contribution in [3.8, 4) is 34.1 Å². The molecule has 0 aliphatic heterocycles. The largest absolute Gasteiger partial charge is 0.508 e. The van der Waals surface area contributed by atoms with Crippen LogP contribution >= 0.6 is 0 Å². The Labute approximate surface area is 239 Å². The van der Waals surface area contributed by atoms with E-state index in [0.29, 0.717) is 5.92 Å². The Morgan fingerprint density at radius 2 is 1.57 bits per heavy atom. The molecule has 1 aromatic heterocycles. The Morgan fingerprint density at radius 3 is 2.23 bits per heavy atom. The van der Waals surface area contributed by atoms with Crippen LogP contribution in [-0.4, -0.2) is 31.2 Å². The molecule has 0 spiro atoms. The highest BCUT2D eigenvalue weighted by Crippen LogP contribution is 2.37. The predicted octanol–water partition coefficient (Wildman–Crippen LogP) is 8.57. The summed E-state index contributed by atoms with van der Waals surface area (Å²) < 4.78 is 2.44. The van der Waals surface area contributed by atoms with Crippen molar-refractivity contribution in [3.63, 3.8) is 0 Å². The van der Waals surface area contributed by atoms with E-state index in [0.717, 1.165) is 60.7 Å². The number of benzene rings is 3. The van der Waals surface area contributed by atoms with Gasteiger partial charge in [-0.25, -0.2) is 4.98 Å². The number of nitrogens with zero attached hydrogens (tertiary/aromatic N) is 3. The molecule has 1 aliphatic carbocycles. The summed E-state index contributed by atoms with van der Waals surface area (Å²) in [6.07, 6.45) is 8.59. The minimum Gasteiger partial charge on any atom is -0.508 e. The molecule has 0 bridgehead atoms. The second kappa shape index (κ2) is 13.2. The normalized spacial score (nSPS) is 15.0. The van der Waals surface area contributed by atoms with Gasteiger partial charge in [-0.1, -0.05) is 99.3 Å². The van der Waals surface area contributed by atoms with E-state index in [4.69, 9.17) is 4.98 Å². The summed E-state index contributed by atoms with van der Waals surface area (Å²) in [4.78, 5) is 7.85. The zero-order valence-electron chi connectivity index (χ0n) is 24.0. The Kier molecular flexibility index (Phi) is 9.22. The standard InChI is InChI=1S/C35H43N3O2/c1-3-4-22-38-32(34(28-16-10-6-11-17-28)36-35(38)29-18-12-7-13-19-29)25-37(24-27-14-8-5-9-15-27)26(2)31-21-20-30(39)23-33(31)40/h6-7,10-13,16-21,23,26-27,39-40H,3-5,8-9,14-15,22,24-25H2,1-2H3. The molecule has 1 atom stereocenters. The van der Waals surface area contributed by atoms with Crippen molar-refractivity contribution in [1.29, 1.82) is 0 Å². The molecule has 210 valence electrons. The smallest absolute Gasteiger partial charge is 0.140 e. The Hall–Kier alpha value is -3.57. The first-order chi connectivity index (χ1) is 19.5. The average Bonchev–Trinajstić information content (AvgIpc) is 3.34. The molecule has 0 radical (unpaired) electrons. The lowest BCUT2D eigenvalue weighted by Crippen LogP contribution is -2.33. The van der Waals surface area contributed by atoms with Gasteiger partial charge in [0.1, 0.15) is 17.3 Å². The number of rotatable bonds is 11. The molecular weight excluding hydrogens is 494 g/mol. The molecule has 1 unspecified atom stereocenters. The van der Waals surface area contributed by atoms with Gasteiger partial charge in [-0.2, -0.15) is 0 Å². The van der Waals surface area contributed by atoms with Crippen LogP contribution in [0.5, 0.6) is 11.5 Å². The van der Waals surface area contributed by atoms with E-state index >= 15 is 0 Å². The third kappa shape index (κ3) is 6.42. The van der Waals surface area contributed by atoms with E-state index in [1.54, 1.807) is 6.07 Å². The van der Waals surface area contributed by atoms with Crippen molar-refractivity contribution in [2.75, 3.05) is 6.54 Å². The van der Waals surface area contributed by atoms with Crippen LogP contribution in [0.4, 0.5) is 0 Å². The van der Waals surface area contributed by atoms with Crippen molar-refractivity contribution in [1.82, 2.24) is 14.5 Å². The summed E-state index contributed by atoms with van der Waals surface area (Å²) in [5.74, 6) is 1.88. The maximum absolute atomic E-state index is 10.8. The number of phenolic OH excluding ortho intramolecular Hbond substituents is 2. The minimum atomic E-state index is -0.0270. The molecule has 5 rings (SSSR count). The molecule has 1 heterocycles. The molecule has 4 aromatic rings. The van der Waals surface area contributed by atoms with Gasteiger partial charge in [0.15, 0.2) is 0 Å². The fraction of sp³-hybridized carbons (Fsp3) is 0.400. The van der Waals surface area contributed by atoms with Crippen LogP contribution in [0.1, 0.15) is 76.1 Å². The van der Waals surface area contributed by atoms with Gasteiger partial charge in [0.25, 0.3) is 0 Å². The first-order valence-electron chi connectivity index (χ1n) is 15.0. The monoisotopic (exact) mass is 537 g/mol. The highest BCUT2D eigenvalue weighted by Gasteiger charge is 2.28. The van der Waals surface area contributed by atoms with Crippen LogP contribution in [0.2, 0.25) is 0 Å². The number of aromatic hydroxyl groups is 2. The summed E-state index contributed by atoms with van der Waals surface area (Å²) in [6.45, 7) is 7.02. The van der Waals surface area contributed by atoms with Gasteiger partial charge in [-0.3, -0.25) is 4.90 Å². The van der Waals surface area contributed by atoms with Crippen molar-refractivity contribution in [3.05, 3.63) is 90.1 Å². The van der Waals surface area contributed by atoms with E-state index in [2.05, 4.69) is 84.0 Å². The van der Waals surface area contributed by atoms with Crippen molar-refractivity contribution in [2.24, 2.45) is 5.92 Å². The molecule has 1 saturated carbocycles. The second-order valence-corrected chi connectivity index (χ2v) is 11.3. The lowest BCUT2D eigenvalue weighted by atomic mass is 9.88. The number of hydrogen-bond acceptors (Lipinski definition) is 4. The van der Waals surface area contributed by atoms with Gasteiger partial charge in [0.05, 0.1) is 11.4 Å². The van der Waals surface area contributed by atoms with Gasteiger partial charge >= 0.3 is 0 Å². The first-order valence-corrected chi connectivity index (χ1v) is 15.0. The average molecular weight is 538 g/mol. The number of imidazole rings is 1. The van der Waals surface area contributed by atoms with E-state index in [9.17, 15) is 10.2 Å². The van der Waals surface area contributed by atoms with E-state index in [-0.39, 0.29) is 17.5 Å². The third-order valence-corrected chi connectivity index (χ3v) is 8.47. The van der Waals surface area contributed by atoms with Crippen LogP contribution in [-0.2, 0) is 13.1 Å². The van der Waals surface area contributed by atoms with E-state index in [1.165, 1.54) is 43.9 Å². The first kappa shape index (κ1) is 28.0. The number of unbranched alkanes of at least 4 members (excludes halogenated alkanes) is 1. The second-order valence-electron chi connectivity index (χ2n) is 11.3. The number of aromatic nitrogens is 2. The van der Waals surface area contributed by atoms with Crippen LogP contribution in [0, 0.1) is 5.92 Å². The van der Waals surface area contributed by atoms with Crippen LogP contribution in [0.25, 0.3) is 22.6 Å². The molecule has 0 amide bonds. The highest BCUT2D eigenvalue weighted by atomic mass is 16.3. The molecule has 2 N–H and O–H groups in total. The SMILES string of the molecule is CCCCn1c(-c2ccccc2)nc(-c2ccccc2)c1CN(CC1CCCCC1)C(C)c1ccc(O)cc1O. The summed E-state index contributed by atoms with van der Waals surface area (Å²) in [7, 11) is 0. The molecular formula is C35H43N3O2. The highest BCUT2D eigenvalue weighted by molar-refractivity contribution is 5.68. The molecule has 40 heavy (non-hydrogen) atoms. The molecule has 1 aliphatic rings. The maximum atomic E-state index is 10.8. The molecule has 0 saturated heterocycles. The quantitative estimate of drug-likeness (QED) is 0.201. The Morgan fingerprint density at radius 1 is 0.900 bits per heavy atom. The molecule has 1 fully saturated rings. The van der Waals surface area contributed by atoms with Gasteiger partial charge < -0.3 is 14.8 Å². The minimum absolute atomic E-state index is 0.0270. The van der Waals surface area contributed by atoms with Crippen molar-refractivity contribution < 1.29 is 10.2 Å². The van der Waals surface area contributed by atoms with Crippen molar-refractivity contribution >= 4 is 0 Å².